The Hall–Kier alpha value is -3.33. The summed E-state index contributed by atoms with van der Waals surface area (Å²) < 4.78 is 5.13. The van der Waals surface area contributed by atoms with E-state index >= 15 is 0 Å². The molecule has 0 aliphatic carbocycles. The van der Waals surface area contributed by atoms with Crippen LogP contribution in [0.1, 0.15) is 39.1 Å². The van der Waals surface area contributed by atoms with Crippen LogP contribution in [0.3, 0.4) is 0 Å². The molecule has 0 amide bonds. The van der Waals surface area contributed by atoms with Gasteiger partial charge >= 0.3 is 5.97 Å². The number of ether oxygens (including phenoxy) is 1. The first kappa shape index (κ1) is 24.8. The van der Waals surface area contributed by atoms with Crippen molar-refractivity contribution in [3.8, 4) is 0 Å². The van der Waals surface area contributed by atoms with Crippen molar-refractivity contribution in [3.05, 3.63) is 98.4 Å². The van der Waals surface area contributed by atoms with Gasteiger partial charge in [-0.3, -0.25) is 9.69 Å². The molecule has 0 spiro atoms. The van der Waals surface area contributed by atoms with E-state index in [-0.39, 0.29) is 12.2 Å². The van der Waals surface area contributed by atoms with Crippen LogP contribution < -0.4 is 5.56 Å². The summed E-state index contributed by atoms with van der Waals surface area (Å²) in [5, 5.41) is 11.2. The molecule has 2 N–H and O–H groups in total. The Morgan fingerprint density at radius 2 is 1.74 bits per heavy atom. The minimum absolute atomic E-state index is 0.265. The van der Waals surface area contributed by atoms with Crippen LogP contribution in [-0.4, -0.2) is 45.2 Å². The van der Waals surface area contributed by atoms with E-state index in [1.807, 2.05) is 60.7 Å². The number of carbonyl (C=O) groups is 1. The Balaban J connectivity index is 1.59. The predicted molar refractivity (Wildman–Crippen MR) is 138 cm³/mol. The van der Waals surface area contributed by atoms with Gasteiger partial charge < -0.3 is 14.8 Å². The third-order valence-corrected chi connectivity index (χ3v) is 6.88. The zero-order valence-corrected chi connectivity index (χ0v) is 20.7. The molecule has 182 valence electrons. The number of thiophene rings is 1. The minimum atomic E-state index is -0.587. The van der Waals surface area contributed by atoms with Crippen molar-refractivity contribution in [1.82, 2.24) is 14.9 Å². The van der Waals surface area contributed by atoms with Crippen LogP contribution in [0.15, 0.2) is 65.5 Å². The van der Waals surface area contributed by atoms with Crippen molar-refractivity contribution in [1.29, 1.82) is 0 Å². The van der Waals surface area contributed by atoms with Crippen LogP contribution >= 0.6 is 11.3 Å². The van der Waals surface area contributed by atoms with E-state index in [1.165, 1.54) is 11.3 Å². The van der Waals surface area contributed by atoms with E-state index in [0.717, 1.165) is 11.1 Å². The highest BCUT2D eigenvalue weighted by Crippen LogP contribution is 2.28. The van der Waals surface area contributed by atoms with Gasteiger partial charge in [0, 0.05) is 13.1 Å². The lowest BCUT2D eigenvalue weighted by molar-refractivity contribution is 0.0531. The monoisotopic (exact) mass is 491 g/mol. The van der Waals surface area contributed by atoms with Crippen molar-refractivity contribution < 1.29 is 14.6 Å². The summed E-state index contributed by atoms with van der Waals surface area (Å²) in [6.45, 7) is 5.09. The minimum Gasteiger partial charge on any atom is -0.462 e. The molecule has 0 saturated heterocycles. The molecule has 0 fully saturated rings. The first-order chi connectivity index (χ1) is 16.9. The Morgan fingerprint density at radius 1 is 1.09 bits per heavy atom. The van der Waals surface area contributed by atoms with Crippen LogP contribution in [0.4, 0.5) is 0 Å². The second-order valence-electron chi connectivity index (χ2n) is 8.47. The lowest BCUT2D eigenvalue weighted by Crippen LogP contribution is -2.34. The van der Waals surface area contributed by atoms with Gasteiger partial charge in [-0.25, -0.2) is 9.78 Å². The number of carbonyl (C=O) groups excluding carboxylic acids is 1. The van der Waals surface area contributed by atoms with E-state index < -0.39 is 12.1 Å². The molecule has 35 heavy (non-hydrogen) atoms. The van der Waals surface area contributed by atoms with E-state index in [0.29, 0.717) is 52.5 Å². The van der Waals surface area contributed by atoms with Crippen LogP contribution in [0.2, 0.25) is 0 Å². The summed E-state index contributed by atoms with van der Waals surface area (Å²) in [6, 6.07) is 19.9. The summed E-state index contributed by atoms with van der Waals surface area (Å²) in [5.74, 6) is 0.0469. The molecule has 2 aromatic heterocycles. The third-order valence-electron chi connectivity index (χ3n) is 5.72. The van der Waals surface area contributed by atoms with Crippen LogP contribution in [-0.2, 0) is 24.2 Å². The van der Waals surface area contributed by atoms with Crippen molar-refractivity contribution in [3.63, 3.8) is 0 Å². The highest BCUT2D eigenvalue weighted by molar-refractivity contribution is 7.20. The second kappa shape index (κ2) is 11.4. The molecule has 0 bridgehead atoms. The fraction of sp³-hybridized carbons (Fsp3) is 0.296. The number of aliphatic hydroxyl groups excluding tert-OH is 1. The van der Waals surface area contributed by atoms with Gasteiger partial charge in [-0.2, -0.15) is 0 Å². The number of aromatic nitrogens is 2. The molecule has 4 rings (SSSR count). The maximum Gasteiger partial charge on any atom is 0.348 e. The Kier molecular flexibility index (Phi) is 8.07. The number of fused-ring (bicyclic) bond motifs is 1. The number of rotatable bonds is 10. The predicted octanol–water partition coefficient (Wildman–Crippen LogP) is 4.08. The summed E-state index contributed by atoms with van der Waals surface area (Å²) in [6.07, 6.45) is -0.0572. The molecular formula is C27H29N3O4S. The number of nitrogens with zero attached hydrogens (tertiary/aromatic N) is 2. The van der Waals surface area contributed by atoms with Crippen molar-refractivity contribution in [2.75, 3.05) is 13.2 Å². The summed E-state index contributed by atoms with van der Waals surface area (Å²) in [4.78, 5) is 35.7. The standard InChI is InChI=1S/C27H29N3O4S/c1-3-34-27(33)24-18(2)23-25(32)28-22(29-26(23)35-24)17-30(15-20-12-8-5-9-13-20)16-21(31)14-19-10-6-4-7-11-19/h4-13,21,31H,3,14-17H2,1-2H3,(H,28,29,32). The lowest BCUT2D eigenvalue weighted by atomic mass is 10.1. The maximum atomic E-state index is 12.9. The molecule has 8 heteroatoms. The number of H-pyrrole nitrogens is 1. The first-order valence-corrected chi connectivity index (χ1v) is 12.4. The third kappa shape index (κ3) is 6.22. The van der Waals surface area contributed by atoms with Gasteiger partial charge in [0.05, 0.1) is 24.6 Å². The van der Waals surface area contributed by atoms with E-state index in [1.54, 1.807) is 13.8 Å². The summed E-state index contributed by atoms with van der Waals surface area (Å²) in [7, 11) is 0. The highest BCUT2D eigenvalue weighted by Gasteiger charge is 2.21. The fourth-order valence-corrected chi connectivity index (χ4v) is 5.24. The molecule has 7 nitrogen and oxygen atoms in total. The largest absolute Gasteiger partial charge is 0.462 e. The van der Waals surface area contributed by atoms with Gasteiger partial charge in [0.1, 0.15) is 15.5 Å². The lowest BCUT2D eigenvalue weighted by Gasteiger charge is -2.25. The van der Waals surface area contributed by atoms with Gasteiger partial charge in [-0.05, 0) is 37.0 Å². The molecule has 0 saturated carbocycles. The van der Waals surface area contributed by atoms with E-state index in [4.69, 9.17) is 4.74 Å². The average molecular weight is 492 g/mol. The first-order valence-electron chi connectivity index (χ1n) is 11.6. The van der Waals surface area contributed by atoms with Crippen LogP contribution in [0, 0.1) is 6.92 Å². The van der Waals surface area contributed by atoms with Crippen LogP contribution in [0.5, 0.6) is 0 Å². The Bertz CT molecular complexity index is 1340. The van der Waals surface area contributed by atoms with Crippen LogP contribution in [0.25, 0.3) is 10.2 Å². The van der Waals surface area contributed by atoms with E-state index in [2.05, 4.69) is 14.9 Å². The molecule has 1 unspecified atom stereocenters. The van der Waals surface area contributed by atoms with Crippen molar-refractivity contribution in [2.24, 2.45) is 0 Å². The Labute approximate surface area is 208 Å². The van der Waals surface area contributed by atoms with Gasteiger partial charge in [-0.1, -0.05) is 60.7 Å². The molecule has 0 aliphatic rings. The molecule has 0 aliphatic heterocycles. The topological polar surface area (TPSA) is 95.5 Å². The Morgan fingerprint density at radius 3 is 2.40 bits per heavy atom. The molecule has 0 radical (unpaired) electrons. The number of aromatic amines is 1. The number of benzene rings is 2. The quantitative estimate of drug-likeness (QED) is 0.325. The number of hydrogen-bond acceptors (Lipinski definition) is 7. The van der Waals surface area contributed by atoms with Crippen molar-refractivity contribution >= 4 is 27.5 Å². The number of hydrogen-bond donors (Lipinski definition) is 2. The van der Waals surface area contributed by atoms with Crippen molar-refractivity contribution in [2.45, 2.75) is 39.5 Å². The molecule has 4 aromatic rings. The molecule has 2 heterocycles. The summed E-state index contributed by atoms with van der Waals surface area (Å²) >= 11 is 1.17. The normalized spacial score (nSPS) is 12.2. The van der Waals surface area contributed by atoms with Gasteiger partial charge in [0.15, 0.2) is 0 Å². The number of aliphatic hydroxyl groups is 1. The number of aryl methyl sites for hydroxylation is 1. The maximum absolute atomic E-state index is 12.9. The molecule has 2 aromatic carbocycles. The fourth-order valence-electron chi connectivity index (χ4n) is 4.14. The van der Waals surface area contributed by atoms with E-state index in [9.17, 15) is 14.7 Å². The van der Waals surface area contributed by atoms with Gasteiger partial charge in [0.2, 0.25) is 0 Å². The van der Waals surface area contributed by atoms with Gasteiger partial charge in [0.25, 0.3) is 5.56 Å². The zero-order valence-electron chi connectivity index (χ0n) is 19.9. The smallest absolute Gasteiger partial charge is 0.348 e. The molecule has 1 atom stereocenters. The highest BCUT2D eigenvalue weighted by atomic mass is 32.1. The second-order valence-corrected chi connectivity index (χ2v) is 9.47. The SMILES string of the molecule is CCOC(=O)c1sc2nc(CN(Cc3ccccc3)CC(O)Cc3ccccc3)[nH]c(=O)c2c1C. The zero-order chi connectivity index (χ0) is 24.8. The van der Waals surface area contributed by atoms with Gasteiger partial charge in [-0.15, -0.1) is 11.3 Å². The summed E-state index contributed by atoms with van der Waals surface area (Å²) in [5.41, 5.74) is 2.47. The number of esters is 1. The average Bonchev–Trinajstić information content (AvgIpc) is 3.17. The molecular weight excluding hydrogens is 462 g/mol. The number of nitrogens with one attached hydrogen (secondary N) is 1.